The van der Waals surface area contributed by atoms with Gasteiger partial charge in [-0.15, -0.1) is 0 Å². The summed E-state index contributed by atoms with van der Waals surface area (Å²) in [6.07, 6.45) is 9.30. The summed E-state index contributed by atoms with van der Waals surface area (Å²) in [5, 5.41) is 0.741. The third-order valence-electron chi connectivity index (χ3n) is 3.24. The highest BCUT2D eigenvalue weighted by atomic mass is 35.5. The lowest BCUT2D eigenvalue weighted by molar-refractivity contribution is 1.42. The van der Waals surface area contributed by atoms with E-state index >= 15 is 0 Å². The van der Waals surface area contributed by atoms with Crippen LogP contribution >= 0.6 is 11.6 Å². The van der Waals surface area contributed by atoms with Crippen LogP contribution in [0.1, 0.15) is 17.5 Å². The standard InChI is InChI=1S/C18H14ClN/c19-17-9-5-14(6-10-17)13-20-18-11-7-16(8-12-18)15-3-1-2-4-15/h1-3,5-13H,4H2. The van der Waals surface area contributed by atoms with Gasteiger partial charge in [-0.3, -0.25) is 4.99 Å². The second-order valence-electron chi connectivity index (χ2n) is 4.68. The minimum Gasteiger partial charge on any atom is -0.256 e. The number of rotatable bonds is 3. The zero-order chi connectivity index (χ0) is 13.8. The maximum Gasteiger partial charge on any atom is 0.0630 e. The molecule has 0 spiro atoms. The zero-order valence-corrected chi connectivity index (χ0v) is 11.7. The molecule has 0 amide bonds. The van der Waals surface area contributed by atoms with Crippen molar-refractivity contribution in [3.63, 3.8) is 0 Å². The highest BCUT2D eigenvalue weighted by molar-refractivity contribution is 6.30. The number of benzene rings is 2. The van der Waals surface area contributed by atoms with Crippen molar-refractivity contribution in [2.45, 2.75) is 6.42 Å². The van der Waals surface area contributed by atoms with Gasteiger partial charge in [-0.05, 0) is 47.4 Å². The Morgan fingerprint density at radius 1 is 0.950 bits per heavy atom. The fraction of sp³-hybridized carbons (Fsp3) is 0.0556. The Balaban J connectivity index is 1.73. The summed E-state index contributed by atoms with van der Waals surface area (Å²) < 4.78 is 0. The van der Waals surface area contributed by atoms with Crippen LogP contribution in [-0.4, -0.2) is 6.21 Å². The van der Waals surface area contributed by atoms with Crippen LogP contribution in [0.4, 0.5) is 5.69 Å². The van der Waals surface area contributed by atoms with E-state index in [0.29, 0.717) is 0 Å². The molecule has 1 aliphatic carbocycles. The van der Waals surface area contributed by atoms with Crippen molar-refractivity contribution in [1.29, 1.82) is 0 Å². The molecule has 2 heteroatoms. The largest absolute Gasteiger partial charge is 0.256 e. The average Bonchev–Trinajstić information content (AvgIpc) is 3.01. The highest BCUT2D eigenvalue weighted by Crippen LogP contribution is 2.25. The van der Waals surface area contributed by atoms with Crippen LogP contribution in [0.2, 0.25) is 5.02 Å². The van der Waals surface area contributed by atoms with Gasteiger partial charge in [0.1, 0.15) is 0 Å². The average molecular weight is 280 g/mol. The normalized spacial score (nSPS) is 13.9. The van der Waals surface area contributed by atoms with Gasteiger partial charge in [0, 0.05) is 11.2 Å². The van der Waals surface area contributed by atoms with Crippen LogP contribution < -0.4 is 0 Å². The van der Waals surface area contributed by atoms with Gasteiger partial charge >= 0.3 is 0 Å². The molecule has 0 atom stereocenters. The van der Waals surface area contributed by atoms with E-state index < -0.39 is 0 Å². The topological polar surface area (TPSA) is 12.4 Å². The molecule has 1 aliphatic rings. The maximum atomic E-state index is 5.85. The Morgan fingerprint density at radius 3 is 2.35 bits per heavy atom. The van der Waals surface area contributed by atoms with Crippen molar-refractivity contribution in [3.8, 4) is 0 Å². The molecular weight excluding hydrogens is 266 g/mol. The van der Waals surface area contributed by atoms with E-state index in [-0.39, 0.29) is 0 Å². The molecular formula is C18H14ClN. The summed E-state index contributed by atoms with van der Waals surface area (Å²) in [4.78, 5) is 4.47. The number of halogens is 1. The van der Waals surface area contributed by atoms with Gasteiger partial charge < -0.3 is 0 Å². The van der Waals surface area contributed by atoms with E-state index in [1.54, 1.807) is 0 Å². The van der Waals surface area contributed by atoms with E-state index in [2.05, 4.69) is 35.4 Å². The van der Waals surface area contributed by atoms with Gasteiger partial charge in [0.05, 0.1) is 5.69 Å². The van der Waals surface area contributed by atoms with E-state index in [4.69, 9.17) is 11.6 Å². The van der Waals surface area contributed by atoms with E-state index in [9.17, 15) is 0 Å². The van der Waals surface area contributed by atoms with E-state index in [1.165, 1.54) is 11.1 Å². The third-order valence-corrected chi connectivity index (χ3v) is 3.49. The lowest BCUT2D eigenvalue weighted by Crippen LogP contribution is -1.81. The summed E-state index contributed by atoms with van der Waals surface area (Å²) in [6.45, 7) is 0. The summed E-state index contributed by atoms with van der Waals surface area (Å²) >= 11 is 5.85. The van der Waals surface area contributed by atoms with Crippen LogP contribution in [0, 0.1) is 0 Å². The lowest BCUT2D eigenvalue weighted by Gasteiger charge is -2.02. The molecule has 98 valence electrons. The third kappa shape index (κ3) is 3.06. The monoisotopic (exact) mass is 279 g/mol. The molecule has 20 heavy (non-hydrogen) atoms. The van der Waals surface area contributed by atoms with Gasteiger partial charge in [-0.2, -0.15) is 0 Å². The van der Waals surface area contributed by atoms with E-state index in [0.717, 1.165) is 22.7 Å². The van der Waals surface area contributed by atoms with E-state index in [1.807, 2.05) is 42.6 Å². The molecule has 0 aromatic heterocycles. The molecule has 0 heterocycles. The predicted octanol–water partition coefficient (Wildman–Crippen LogP) is 5.43. The molecule has 1 nitrogen and oxygen atoms in total. The first kappa shape index (κ1) is 12.9. The Hall–Kier alpha value is -2.12. The SMILES string of the molecule is Clc1ccc(C=Nc2ccc(C3=CC=CC3)cc2)cc1. The molecule has 0 unspecified atom stereocenters. The fourth-order valence-corrected chi connectivity index (χ4v) is 2.25. The molecule has 0 saturated carbocycles. The fourth-order valence-electron chi connectivity index (χ4n) is 2.12. The number of aliphatic imine (C=N–C) groups is 1. The van der Waals surface area contributed by atoms with Crippen molar-refractivity contribution in [1.82, 2.24) is 0 Å². The van der Waals surface area contributed by atoms with Gasteiger partial charge in [0.15, 0.2) is 0 Å². The quantitative estimate of drug-likeness (QED) is 0.664. The van der Waals surface area contributed by atoms with Crippen molar-refractivity contribution < 1.29 is 0 Å². The molecule has 0 fully saturated rings. The lowest BCUT2D eigenvalue weighted by atomic mass is 10.1. The van der Waals surface area contributed by atoms with Gasteiger partial charge in [-0.25, -0.2) is 0 Å². The van der Waals surface area contributed by atoms with Gasteiger partial charge in [0.25, 0.3) is 0 Å². The summed E-state index contributed by atoms with van der Waals surface area (Å²) in [5.41, 5.74) is 4.62. The molecule has 2 aromatic carbocycles. The van der Waals surface area contributed by atoms with Crippen LogP contribution in [-0.2, 0) is 0 Å². The summed E-state index contributed by atoms with van der Waals surface area (Å²) in [5.74, 6) is 0. The van der Waals surface area contributed by atoms with Crippen LogP contribution in [0.25, 0.3) is 5.57 Å². The molecule has 0 saturated heterocycles. The predicted molar refractivity (Wildman–Crippen MR) is 86.9 cm³/mol. The smallest absolute Gasteiger partial charge is 0.0630 e. The number of hydrogen-bond donors (Lipinski definition) is 0. The highest BCUT2D eigenvalue weighted by Gasteiger charge is 2.02. The van der Waals surface area contributed by atoms with Gasteiger partial charge in [0.2, 0.25) is 0 Å². The summed E-state index contributed by atoms with van der Waals surface area (Å²) in [7, 11) is 0. The Morgan fingerprint density at radius 2 is 1.70 bits per heavy atom. The Labute approximate surface area is 123 Å². The van der Waals surface area contributed by atoms with Crippen LogP contribution in [0.3, 0.4) is 0 Å². The first-order valence-electron chi connectivity index (χ1n) is 6.57. The first-order valence-corrected chi connectivity index (χ1v) is 6.95. The van der Waals surface area contributed by atoms with Gasteiger partial charge in [-0.1, -0.05) is 54.1 Å². The number of nitrogens with zero attached hydrogens (tertiary/aromatic N) is 1. The second kappa shape index (κ2) is 5.89. The number of hydrogen-bond acceptors (Lipinski definition) is 1. The van der Waals surface area contributed by atoms with Crippen molar-refractivity contribution in [2.24, 2.45) is 4.99 Å². The zero-order valence-electron chi connectivity index (χ0n) is 11.0. The molecule has 0 bridgehead atoms. The Kier molecular flexibility index (Phi) is 3.80. The second-order valence-corrected chi connectivity index (χ2v) is 5.12. The number of allylic oxidation sites excluding steroid dienone is 4. The van der Waals surface area contributed by atoms with Crippen LogP contribution in [0.15, 0.2) is 71.8 Å². The van der Waals surface area contributed by atoms with Crippen LogP contribution in [0.5, 0.6) is 0 Å². The first-order chi connectivity index (χ1) is 9.81. The maximum absolute atomic E-state index is 5.85. The summed E-state index contributed by atoms with van der Waals surface area (Å²) in [6, 6.07) is 16.0. The molecule has 0 aliphatic heterocycles. The molecule has 2 aromatic rings. The molecule has 0 N–H and O–H groups in total. The van der Waals surface area contributed by atoms with Crippen molar-refractivity contribution in [2.75, 3.05) is 0 Å². The molecule has 3 rings (SSSR count). The Bertz CT molecular complexity index is 676. The van der Waals surface area contributed by atoms with Crippen molar-refractivity contribution >= 4 is 29.1 Å². The minimum atomic E-state index is 0.741. The minimum absolute atomic E-state index is 0.741. The van der Waals surface area contributed by atoms with Crippen molar-refractivity contribution in [3.05, 3.63) is 82.9 Å². The molecule has 0 radical (unpaired) electrons.